The van der Waals surface area contributed by atoms with Crippen molar-refractivity contribution in [1.82, 2.24) is 10.0 Å². The minimum Gasteiger partial charge on any atom is -0.497 e. The molecule has 11 heteroatoms. The number of amides is 2. The van der Waals surface area contributed by atoms with Gasteiger partial charge in [-0.2, -0.15) is 0 Å². The summed E-state index contributed by atoms with van der Waals surface area (Å²) in [5, 5.41) is 13.5. The maximum atomic E-state index is 12.7. The number of non-ortho nitro benzene ring substituents is 1. The lowest BCUT2D eigenvalue weighted by Gasteiger charge is -2.13. The van der Waals surface area contributed by atoms with Gasteiger partial charge in [-0.25, -0.2) is 17.9 Å². The van der Waals surface area contributed by atoms with Crippen LogP contribution in [0.15, 0.2) is 47.4 Å². The van der Waals surface area contributed by atoms with Crippen LogP contribution < -0.4 is 19.5 Å². The fourth-order valence-electron chi connectivity index (χ4n) is 2.47. The van der Waals surface area contributed by atoms with Crippen LogP contribution in [0.1, 0.15) is 26.2 Å². The summed E-state index contributed by atoms with van der Waals surface area (Å²) in [4.78, 5) is 21.8. The highest BCUT2D eigenvalue weighted by Gasteiger charge is 2.25. The fourth-order valence-corrected chi connectivity index (χ4v) is 3.54. The van der Waals surface area contributed by atoms with E-state index in [2.05, 4.69) is 5.32 Å². The first-order chi connectivity index (χ1) is 14.3. The average molecular weight is 437 g/mol. The molecule has 0 spiro atoms. The Balaban J connectivity index is 2.28. The SMILES string of the molecule is CCCCCNC(=O)NS(=O)(=O)c1cc([N+](=O)[O-])ccc1Oc1ccc(OC)cc1. The highest BCUT2D eigenvalue weighted by Crippen LogP contribution is 2.32. The van der Waals surface area contributed by atoms with Crippen LogP contribution in [0.3, 0.4) is 0 Å². The molecule has 10 nitrogen and oxygen atoms in total. The number of benzene rings is 2. The fraction of sp³-hybridized carbons (Fsp3) is 0.316. The van der Waals surface area contributed by atoms with Gasteiger partial charge in [0.1, 0.15) is 22.1 Å². The molecule has 2 aromatic carbocycles. The van der Waals surface area contributed by atoms with Crippen LogP contribution in [0.4, 0.5) is 10.5 Å². The molecule has 0 bridgehead atoms. The molecule has 162 valence electrons. The molecule has 0 aromatic heterocycles. The van der Waals surface area contributed by atoms with Crippen LogP contribution in [-0.2, 0) is 10.0 Å². The third-order valence-electron chi connectivity index (χ3n) is 4.01. The van der Waals surface area contributed by atoms with Gasteiger partial charge in [-0.1, -0.05) is 19.8 Å². The zero-order valence-corrected chi connectivity index (χ0v) is 17.4. The Kier molecular flexibility index (Phi) is 7.98. The summed E-state index contributed by atoms with van der Waals surface area (Å²) in [6.45, 7) is 2.30. The molecule has 0 heterocycles. The lowest BCUT2D eigenvalue weighted by molar-refractivity contribution is -0.385. The van der Waals surface area contributed by atoms with Crippen molar-refractivity contribution >= 4 is 21.7 Å². The van der Waals surface area contributed by atoms with Gasteiger partial charge in [0, 0.05) is 18.7 Å². The highest BCUT2D eigenvalue weighted by atomic mass is 32.2. The van der Waals surface area contributed by atoms with Gasteiger partial charge < -0.3 is 14.8 Å². The Morgan fingerprint density at radius 1 is 1.10 bits per heavy atom. The van der Waals surface area contributed by atoms with Gasteiger partial charge in [-0.05, 0) is 36.8 Å². The molecule has 2 aromatic rings. The first-order valence-corrected chi connectivity index (χ1v) is 10.7. The zero-order chi connectivity index (χ0) is 22.1. The van der Waals surface area contributed by atoms with E-state index in [1.807, 2.05) is 11.6 Å². The number of hydrogen-bond donors (Lipinski definition) is 2. The standard InChI is InChI=1S/C19H23N3O7S/c1-3-4-5-12-20-19(23)21-30(26,27)18-13-14(22(24)25)6-11-17(18)29-16-9-7-15(28-2)8-10-16/h6-11,13H,3-5,12H2,1-2H3,(H2,20,21,23). The molecule has 0 aliphatic heterocycles. The summed E-state index contributed by atoms with van der Waals surface area (Å²) in [5.41, 5.74) is -0.458. The number of nitrogens with one attached hydrogen (secondary N) is 2. The van der Waals surface area contributed by atoms with Crippen LogP contribution in [0.25, 0.3) is 0 Å². The van der Waals surface area contributed by atoms with Crippen LogP contribution in [0.2, 0.25) is 0 Å². The molecular weight excluding hydrogens is 414 g/mol. The Morgan fingerprint density at radius 2 is 1.77 bits per heavy atom. The number of rotatable bonds is 10. The first-order valence-electron chi connectivity index (χ1n) is 9.18. The number of sulfonamides is 1. The predicted octanol–water partition coefficient (Wildman–Crippen LogP) is 3.57. The lowest BCUT2D eigenvalue weighted by Crippen LogP contribution is -2.39. The topological polar surface area (TPSA) is 137 Å². The Labute approximate surface area is 174 Å². The van der Waals surface area contributed by atoms with Gasteiger partial charge in [0.05, 0.1) is 12.0 Å². The van der Waals surface area contributed by atoms with Crippen molar-refractivity contribution in [3.63, 3.8) is 0 Å². The van der Waals surface area contributed by atoms with Crippen molar-refractivity contribution in [2.24, 2.45) is 0 Å². The number of unbranched alkanes of at least 4 members (excludes halogenated alkanes) is 2. The second-order valence-corrected chi connectivity index (χ2v) is 7.89. The maximum Gasteiger partial charge on any atom is 0.328 e. The Bertz CT molecular complexity index is 992. The van der Waals surface area contributed by atoms with Gasteiger partial charge in [-0.15, -0.1) is 0 Å². The Hall–Kier alpha value is -3.34. The normalized spacial score (nSPS) is 10.9. The largest absolute Gasteiger partial charge is 0.497 e. The van der Waals surface area contributed by atoms with E-state index in [0.717, 1.165) is 31.0 Å². The number of carbonyl (C=O) groups excluding carboxylic acids is 1. The summed E-state index contributed by atoms with van der Waals surface area (Å²) < 4.78 is 38.0. The predicted molar refractivity (Wildman–Crippen MR) is 109 cm³/mol. The van der Waals surface area contributed by atoms with E-state index < -0.39 is 31.6 Å². The number of methoxy groups -OCH3 is 1. The van der Waals surface area contributed by atoms with Crippen LogP contribution >= 0.6 is 0 Å². The van der Waals surface area contributed by atoms with Gasteiger partial charge >= 0.3 is 6.03 Å². The molecule has 0 atom stereocenters. The number of nitro benzene ring substituents is 1. The smallest absolute Gasteiger partial charge is 0.328 e. The van der Waals surface area contributed by atoms with Crippen molar-refractivity contribution < 1.29 is 27.6 Å². The summed E-state index contributed by atoms with van der Waals surface area (Å²) in [7, 11) is -2.94. The number of urea groups is 1. The van der Waals surface area contributed by atoms with E-state index in [9.17, 15) is 23.3 Å². The zero-order valence-electron chi connectivity index (χ0n) is 16.6. The Morgan fingerprint density at radius 3 is 2.37 bits per heavy atom. The van der Waals surface area contributed by atoms with E-state index in [-0.39, 0.29) is 11.5 Å². The molecule has 0 fully saturated rings. The molecule has 0 saturated carbocycles. The molecule has 0 saturated heterocycles. The van der Waals surface area contributed by atoms with Gasteiger partial charge in [0.2, 0.25) is 0 Å². The van der Waals surface area contributed by atoms with Crippen LogP contribution in [-0.4, -0.2) is 33.0 Å². The molecule has 0 aliphatic carbocycles. The highest BCUT2D eigenvalue weighted by molar-refractivity contribution is 7.90. The number of carbonyl (C=O) groups is 1. The summed E-state index contributed by atoms with van der Waals surface area (Å²) >= 11 is 0. The summed E-state index contributed by atoms with van der Waals surface area (Å²) in [6.07, 6.45) is 2.53. The lowest BCUT2D eigenvalue weighted by atomic mass is 10.2. The molecule has 2 N–H and O–H groups in total. The van der Waals surface area contributed by atoms with Gasteiger partial charge in [0.15, 0.2) is 0 Å². The molecule has 0 aliphatic rings. The molecule has 0 unspecified atom stereocenters. The summed E-state index contributed by atoms with van der Waals surface area (Å²) in [6, 6.07) is 8.50. The van der Waals surface area contributed by atoms with E-state index in [0.29, 0.717) is 18.7 Å². The van der Waals surface area contributed by atoms with Crippen molar-refractivity contribution in [2.75, 3.05) is 13.7 Å². The quantitative estimate of drug-likeness (QED) is 0.329. The van der Waals surface area contributed by atoms with Crippen molar-refractivity contribution in [2.45, 2.75) is 31.1 Å². The van der Waals surface area contributed by atoms with E-state index in [1.54, 1.807) is 24.3 Å². The molecule has 2 rings (SSSR count). The minimum atomic E-state index is -4.44. The number of nitro groups is 1. The number of nitrogens with zero attached hydrogens (tertiary/aromatic N) is 1. The van der Waals surface area contributed by atoms with Crippen molar-refractivity contribution in [3.05, 3.63) is 52.6 Å². The average Bonchev–Trinajstić information content (AvgIpc) is 2.71. The molecule has 30 heavy (non-hydrogen) atoms. The van der Waals surface area contributed by atoms with Crippen LogP contribution in [0, 0.1) is 10.1 Å². The van der Waals surface area contributed by atoms with Gasteiger partial charge in [0.25, 0.3) is 15.7 Å². The summed E-state index contributed by atoms with van der Waals surface area (Å²) in [5.74, 6) is 0.683. The van der Waals surface area contributed by atoms with Crippen molar-refractivity contribution in [1.29, 1.82) is 0 Å². The minimum absolute atomic E-state index is 0.169. The maximum absolute atomic E-state index is 12.7. The van der Waals surface area contributed by atoms with E-state index in [4.69, 9.17) is 9.47 Å². The number of hydrogen-bond acceptors (Lipinski definition) is 7. The molecular formula is C19H23N3O7S. The number of ether oxygens (including phenoxy) is 2. The van der Waals surface area contributed by atoms with E-state index in [1.165, 1.54) is 7.11 Å². The molecule has 0 radical (unpaired) electrons. The van der Waals surface area contributed by atoms with Crippen LogP contribution in [0.5, 0.6) is 17.2 Å². The third-order valence-corrected chi connectivity index (χ3v) is 5.36. The third kappa shape index (κ3) is 6.34. The second-order valence-electron chi connectivity index (χ2n) is 6.23. The monoisotopic (exact) mass is 437 g/mol. The van der Waals surface area contributed by atoms with Gasteiger partial charge in [-0.3, -0.25) is 10.1 Å². The molecule has 2 amide bonds. The first kappa shape index (κ1) is 22.9. The van der Waals surface area contributed by atoms with Crippen molar-refractivity contribution in [3.8, 4) is 17.2 Å². The van der Waals surface area contributed by atoms with E-state index >= 15 is 0 Å². The second kappa shape index (κ2) is 10.4.